The Morgan fingerprint density at radius 1 is 1.36 bits per heavy atom. The van der Waals surface area contributed by atoms with Gasteiger partial charge in [0.05, 0.1) is 0 Å². The molecule has 1 nitrogen and oxygen atoms in total. The van der Waals surface area contributed by atoms with Crippen molar-refractivity contribution in [2.75, 3.05) is 0 Å². The van der Waals surface area contributed by atoms with E-state index in [1.165, 1.54) is 24.8 Å². The van der Waals surface area contributed by atoms with Crippen LogP contribution in [0.5, 0.6) is 0 Å². The van der Waals surface area contributed by atoms with E-state index >= 15 is 0 Å². The largest absolute Gasteiger partial charge is 0.261 e. The molecule has 0 bridgehead atoms. The number of rotatable bonds is 1. The number of aromatic nitrogens is 1. The van der Waals surface area contributed by atoms with Crippen molar-refractivity contribution >= 4 is 0 Å². The second-order valence-electron chi connectivity index (χ2n) is 3.36. The predicted molar refractivity (Wildman–Crippen MR) is 45.6 cm³/mol. The van der Waals surface area contributed by atoms with Gasteiger partial charge >= 0.3 is 0 Å². The van der Waals surface area contributed by atoms with Crippen LogP contribution in [0.15, 0.2) is 18.3 Å². The Balaban J connectivity index is 2.18. The van der Waals surface area contributed by atoms with Gasteiger partial charge in [0.1, 0.15) is 0 Å². The Bertz CT molecular complexity index is 234. The van der Waals surface area contributed by atoms with Gasteiger partial charge in [-0.2, -0.15) is 0 Å². The standard InChI is InChI=1S/C10H13N/c1-8-5-6-10(7-11-8)9-3-2-4-9/h5-7,9H,2-4H2,1H3. The van der Waals surface area contributed by atoms with Crippen molar-refractivity contribution in [2.45, 2.75) is 32.1 Å². The van der Waals surface area contributed by atoms with Crippen molar-refractivity contribution in [3.05, 3.63) is 29.6 Å². The smallest absolute Gasteiger partial charge is 0.0372 e. The molecule has 0 radical (unpaired) electrons. The van der Waals surface area contributed by atoms with E-state index in [-0.39, 0.29) is 0 Å². The Kier molecular flexibility index (Phi) is 1.65. The molecule has 1 saturated carbocycles. The first-order valence-electron chi connectivity index (χ1n) is 4.29. The van der Waals surface area contributed by atoms with Gasteiger partial charge in [0.25, 0.3) is 0 Å². The zero-order valence-electron chi connectivity index (χ0n) is 6.88. The van der Waals surface area contributed by atoms with Gasteiger partial charge in [-0.05, 0) is 37.3 Å². The maximum atomic E-state index is 4.28. The lowest BCUT2D eigenvalue weighted by Crippen LogP contribution is -2.08. The van der Waals surface area contributed by atoms with Crippen LogP contribution in [0.3, 0.4) is 0 Å². The molecule has 2 rings (SSSR count). The van der Waals surface area contributed by atoms with E-state index in [0.717, 1.165) is 11.6 Å². The van der Waals surface area contributed by atoms with Crippen LogP contribution in [-0.4, -0.2) is 4.98 Å². The summed E-state index contributed by atoms with van der Waals surface area (Å²) in [5, 5.41) is 0. The minimum atomic E-state index is 0.822. The van der Waals surface area contributed by atoms with Gasteiger partial charge in [0.15, 0.2) is 0 Å². The van der Waals surface area contributed by atoms with E-state index in [2.05, 4.69) is 17.1 Å². The summed E-state index contributed by atoms with van der Waals surface area (Å²) in [4.78, 5) is 4.28. The van der Waals surface area contributed by atoms with Crippen molar-refractivity contribution in [3.63, 3.8) is 0 Å². The SMILES string of the molecule is Cc1ccc(C2CCC2)cn1. The molecule has 1 aliphatic carbocycles. The average molecular weight is 147 g/mol. The Hall–Kier alpha value is -0.850. The molecule has 1 heteroatoms. The van der Waals surface area contributed by atoms with Crippen LogP contribution in [0, 0.1) is 6.92 Å². The highest BCUT2D eigenvalue weighted by Gasteiger charge is 2.18. The molecule has 0 N–H and O–H groups in total. The highest BCUT2D eigenvalue weighted by Crippen LogP contribution is 2.35. The minimum Gasteiger partial charge on any atom is -0.261 e. The number of nitrogens with zero attached hydrogens (tertiary/aromatic N) is 1. The van der Waals surface area contributed by atoms with E-state index in [4.69, 9.17) is 0 Å². The number of aryl methyl sites for hydroxylation is 1. The fourth-order valence-corrected chi connectivity index (χ4v) is 1.46. The maximum Gasteiger partial charge on any atom is 0.0372 e. The molecule has 1 aliphatic rings. The number of hydrogen-bond donors (Lipinski definition) is 0. The van der Waals surface area contributed by atoms with E-state index < -0.39 is 0 Å². The molecule has 0 saturated heterocycles. The molecular weight excluding hydrogens is 134 g/mol. The molecule has 0 amide bonds. The normalized spacial score (nSPS) is 17.9. The first-order valence-corrected chi connectivity index (χ1v) is 4.29. The van der Waals surface area contributed by atoms with Crippen molar-refractivity contribution in [2.24, 2.45) is 0 Å². The fourth-order valence-electron chi connectivity index (χ4n) is 1.46. The molecule has 1 aromatic rings. The van der Waals surface area contributed by atoms with Crippen molar-refractivity contribution in [1.29, 1.82) is 0 Å². The summed E-state index contributed by atoms with van der Waals surface area (Å²) in [6.07, 6.45) is 6.16. The van der Waals surface area contributed by atoms with E-state index in [0.29, 0.717) is 0 Å². The van der Waals surface area contributed by atoms with Gasteiger partial charge in [-0.15, -0.1) is 0 Å². The molecule has 1 aromatic heterocycles. The summed E-state index contributed by atoms with van der Waals surface area (Å²) < 4.78 is 0. The number of hydrogen-bond acceptors (Lipinski definition) is 1. The molecule has 0 aliphatic heterocycles. The van der Waals surface area contributed by atoms with Crippen molar-refractivity contribution < 1.29 is 0 Å². The monoisotopic (exact) mass is 147 g/mol. The molecule has 0 spiro atoms. The lowest BCUT2D eigenvalue weighted by Gasteiger charge is -2.25. The van der Waals surface area contributed by atoms with Gasteiger partial charge in [-0.1, -0.05) is 12.5 Å². The van der Waals surface area contributed by atoms with Gasteiger partial charge in [-0.25, -0.2) is 0 Å². The first kappa shape index (κ1) is 6.84. The Morgan fingerprint density at radius 3 is 2.64 bits per heavy atom. The zero-order chi connectivity index (χ0) is 7.68. The van der Waals surface area contributed by atoms with Gasteiger partial charge < -0.3 is 0 Å². The summed E-state index contributed by atoms with van der Waals surface area (Å²) in [5.41, 5.74) is 2.55. The van der Waals surface area contributed by atoms with Gasteiger partial charge in [-0.3, -0.25) is 4.98 Å². The highest BCUT2D eigenvalue weighted by atomic mass is 14.7. The number of pyridine rings is 1. The van der Waals surface area contributed by atoms with Crippen LogP contribution in [-0.2, 0) is 0 Å². The molecule has 0 unspecified atom stereocenters. The molecule has 1 fully saturated rings. The van der Waals surface area contributed by atoms with E-state index in [1.54, 1.807) is 0 Å². The summed E-state index contributed by atoms with van der Waals surface area (Å²) in [6.45, 7) is 2.03. The predicted octanol–water partition coefficient (Wildman–Crippen LogP) is 2.66. The van der Waals surface area contributed by atoms with Gasteiger partial charge in [0, 0.05) is 11.9 Å². The topological polar surface area (TPSA) is 12.9 Å². The lowest BCUT2D eigenvalue weighted by atomic mass is 9.81. The van der Waals surface area contributed by atoms with Crippen LogP contribution < -0.4 is 0 Å². The summed E-state index contributed by atoms with van der Waals surface area (Å²) in [7, 11) is 0. The molecule has 0 atom stereocenters. The Morgan fingerprint density at radius 2 is 2.18 bits per heavy atom. The molecule has 1 heterocycles. The summed E-state index contributed by atoms with van der Waals surface area (Å²) in [5.74, 6) is 0.822. The lowest BCUT2D eigenvalue weighted by molar-refractivity contribution is 0.419. The second-order valence-corrected chi connectivity index (χ2v) is 3.36. The molecule has 58 valence electrons. The average Bonchev–Trinajstić information content (AvgIpc) is 1.90. The van der Waals surface area contributed by atoms with E-state index in [1.807, 2.05) is 13.1 Å². The van der Waals surface area contributed by atoms with Crippen LogP contribution in [0.4, 0.5) is 0 Å². The van der Waals surface area contributed by atoms with Crippen LogP contribution in [0.1, 0.15) is 36.4 Å². The third-order valence-electron chi connectivity index (χ3n) is 2.51. The minimum absolute atomic E-state index is 0.822. The molecule has 11 heavy (non-hydrogen) atoms. The third kappa shape index (κ3) is 1.28. The van der Waals surface area contributed by atoms with Crippen LogP contribution in [0.2, 0.25) is 0 Å². The first-order chi connectivity index (χ1) is 5.36. The van der Waals surface area contributed by atoms with Crippen LogP contribution >= 0.6 is 0 Å². The molecule has 0 aromatic carbocycles. The third-order valence-corrected chi connectivity index (χ3v) is 2.51. The quantitative estimate of drug-likeness (QED) is 0.595. The highest BCUT2D eigenvalue weighted by molar-refractivity contribution is 5.19. The summed E-state index contributed by atoms with van der Waals surface area (Å²) >= 11 is 0. The van der Waals surface area contributed by atoms with Crippen LogP contribution in [0.25, 0.3) is 0 Å². The maximum absolute atomic E-state index is 4.28. The summed E-state index contributed by atoms with van der Waals surface area (Å²) in [6, 6.07) is 4.32. The van der Waals surface area contributed by atoms with Crippen molar-refractivity contribution in [1.82, 2.24) is 4.98 Å². The second kappa shape index (κ2) is 2.65. The fraction of sp³-hybridized carbons (Fsp3) is 0.500. The van der Waals surface area contributed by atoms with Gasteiger partial charge in [0.2, 0.25) is 0 Å². The zero-order valence-corrected chi connectivity index (χ0v) is 6.88. The van der Waals surface area contributed by atoms with Crippen molar-refractivity contribution in [3.8, 4) is 0 Å². The Labute approximate surface area is 67.5 Å². The molecular formula is C10H13N. The van der Waals surface area contributed by atoms with E-state index in [9.17, 15) is 0 Å².